The first kappa shape index (κ1) is 21.8. The van der Waals surface area contributed by atoms with Crippen molar-refractivity contribution >= 4 is 17.6 Å². The Balaban J connectivity index is 1.26. The summed E-state index contributed by atoms with van der Waals surface area (Å²) in [5, 5.41) is 2.98. The molecular formula is C24H25F3N4O2. The van der Waals surface area contributed by atoms with Crippen LogP contribution in [0.15, 0.2) is 54.6 Å². The summed E-state index contributed by atoms with van der Waals surface area (Å²) in [5.74, 6) is -0.124. The molecular weight excluding hydrogens is 433 g/mol. The van der Waals surface area contributed by atoms with Gasteiger partial charge in [0.1, 0.15) is 5.54 Å². The fourth-order valence-corrected chi connectivity index (χ4v) is 4.88. The number of carbonyl (C=O) groups is 2. The lowest BCUT2D eigenvalue weighted by Crippen LogP contribution is -2.52. The van der Waals surface area contributed by atoms with Gasteiger partial charge in [0, 0.05) is 31.9 Å². The van der Waals surface area contributed by atoms with E-state index < -0.39 is 23.3 Å². The fourth-order valence-electron chi connectivity index (χ4n) is 4.88. The number of rotatable bonds is 5. The van der Waals surface area contributed by atoms with Gasteiger partial charge in [-0.25, -0.2) is 9.69 Å². The van der Waals surface area contributed by atoms with Gasteiger partial charge < -0.3 is 10.2 Å². The summed E-state index contributed by atoms with van der Waals surface area (Å²) in [6.07, 6.45) is -2.59. The largest absolute Gasteiger partial charge is 0.416 e. The van der Waals surface area contributed by atoms with Gasteiger partial charge >= 0.3 is 12.2 Å². The molecule has 2 aliphatic heterocycles. The Morgan fingerprint density at radius 1 is 0.939 bits per heavy atom. The van der Waals surface area contributed by atoms with Crippen molar-refractivity contribution < 1.29 is 22.8 Å². The molecule has 9 heteroatoms. The average Bonchev–Trinajstić information content (AvgIpc) is 3.63. The van der Waals surface area contributed by atoms with Gasteiger partial charge in [-0.3, -0.25) is 9.69 Å². The zero-order valence-electron chi connectivity index (χ0n) is 18.0. The topological polar surface area (TPSA) is 55.9 Å². The maximum Gasteiger partial charge on any atom is 0.416 e. The van der Waals surface area contributed by atoms with Crippen molar-refractivity contribution in [2.24, 2.45) is 5.92 Å². The molecule has 1 aliphatic carbocycles. The number of hydrogen-bond acceptors (Lipinski definition) is 4. The van der Waals surface area contributed by atoms with E-state index in [0.717, 1.165) is 30.5 Å². The quantitative estimate of drug-likeness (QED) is 0.696. The molecule has 2 saturated heterocycles. The Morgan fingerprint density at radius 3 is 2.27 bits per heavy atom. The summed E-state index contributed by atoms with van der Waals surface area (Å²) in [7, 11) is 0. The third-order valence-corrected chi connectivity index (χ3v) is 6.80. The van der Waals surface area contributed by atoms with Crippen molar-refractivity contribution in [3.63, 3.8) is 0 Å². The second-order valence-corrected chi connectivity index (χ2v) is 8.91. The fraction of sp³-hybridized carbons (Fsp3) is 0.417. The number of nitrogens with one attached hydrogen (secondary N) is 1. The van der Waals surface area contributed by atoms with Crippen molar-refractivity contribution in [3.8, 4) is 0 Å². The van der Waals surface area contributed by atoms with Crippen molar-refractivity contribution in [2.75, 3.05) is 37.7 Å². The standard InChI is InChI=1S/C24H25F3N4O2/c25-24(26,27)19-7-4-8-20(15-19)30-13-11-29(12-14-30)16-31-21(32)23(18-9-10-18,28-22(31)33)17-5-2-1-3-6-17/h1-8,15,18H,9-14,16H2,(H,28,33). The highest BCUT2D eigenvalue weighted by Crippen LogP contribution is 2.49. The number of halogens is 3. The highest BCUT2D eigenvalue weighted by Gasteiger charge is 2.60. The lowest BCUT2D eigenvalue weighted by Gasteiger charge is -2.37. The molecule has 0 radical (unpaired) electrons. The highest BCUT2D eigenvalue weighted by atomic mass is 19.4. The maximum absolute atomic E-state index is 13.5. The van der Waals surface area contributed by atoms with Gasteiger partial charge in [0.15, 0.2) is 0 Å². The van der Waals surface area contributed by atoms with Crippen LogP contribution in [0.3, 0.4) is 0 Å². The zero-order chi connectivity index (χ0) is 23.2. The van der Waals surface area contributed by atoms with Gasteiger partial charge in [0.05, 0.1) is 12.2 Å². The van der Waals surface area contributed by atoms with Gasteiger partial charge in [-0.05, 0) is 42.5 Å². The molecule has 3 amide bonds. The molecule has 2 aromatic carbocycles. The van der Waals surface area contributed by atoms with E-state index in [9.17, 15) is 22.8 Å². The Morgan fingerprint density at radius 2 is 1.64 bits per heavy atom. The first-order chi connectivity index (χ1) is 15.8. The molecule has 1 saturated carbocycles. The Kier molecular flexibility index (Phi) is 5.31. The molecule has 3 fully saturated rings. The minimum atomic E-state index is -4.38. The van der Waals surface area contributed by atoms with Crippen molar-refractivity contribution in [3.05, 3.63) is 65.7 Å². The molecule has 1 unspecified atom stereocenters. The van der Waals surface area contributed by atoms with E-state index in [1.165, 1.54) is 11.0 Å². The van der Waals surface area contributed by atoms with Crippen LogP contribution < -0.4 is 10.2 Å². The van der Waals surface area contributed by atoms with E-state index in [4.69, 9.17) is 0 Å². The molecule has 6 nitrogen and oxygen atoms in total. The smallest absolute Gasteiger partial charge is 0.369 e. The van der Waals surface area contributed by atoms with E-state index in [1.54, 1.807) is 6.07 Å². The number of anilines is 1. The van der Waals surface area contributed by atoms with Crippen LogP contribution in [0, 0.1) is 5.92 Å². The van der Waals surface area contributed by atoms with Crippen LogP contribution in [0.2, 0.25) is 0 Å². The van der Waals surface area contributed by atoms with Crippen molar-refractivity contribution in [2.45, 2.75) is 24.6 Å². The van der Waals surface area contributed by atoms with Crippen LogP contribution in [-0.2, 0) is 16.5 Å². The molecule has 2 aromatic rings. The Bertz CT molecular complexity index is 1050. The van der Waals surface area contributed by atoms with Crippen LogP contribution in [0.25, 0.3) is 0 Å². The number of piperazine rings is 1. The number of carbonyl (C=O) groups excluding carboxylic acids is 2. The highest BCUT2D eigenvalue weighted by molar-refractivity contribution is 6.07. The number of urea groups is 1. The molecule has 2 heterocycles. The normalized spacial score (nSPS) is 24.3. The van der Waals surface area contributed by atoms with Gasteiger partial charge in [-0.15, -0.1) is 0 Å². The summed E-state index contributed by atoms with van der Waals surface area (Å²) < 4.78 is 39.1. The predicted octanol–water partition coefficient (Wildman–Crippen LogP) is 3.64. The summed E-state index contributed by atoms with van der Waals surface area (Å²) in [6, 6.07) is 14.3. The molecule has 0 bridgehead atoms. The monoisotopic (exact) mass is 458 g/mol. The van der Waals surface area contributed by atoms with Crippen LogP contribution in [0.1, 0.15) is 24.0 Å². The van der Waals surface area contributed by atoms with E-state index >= 15 is 0 Å². The Hall–Kier alpha value is -3.07. The number of amides is 3. The third kappa shape index (κ3) is 3.94. The first-order valence-electron chi connectivity index (χ1n) is 11.1. The summed E-state index contributed by atoms with van der Waals surface area (Å²) in [5.41, 5.74) is -0.337. The first-order valence-corrected chi connectivity index (χ1v) is 11.1. The van der Waals surface area contributed by atoms with Crippen molar-refractivity contribution in [1.29, 1.82) is 0 Å². The third-order valence-electron chi connectivity index (χ3n) is 6.80. The predicted molar refractivity (Wildman–Crippen MR) is 116 cm³/mol. The van der Waals surface area contributed by atoms with Crippen LogP contribution in [0.5, 0.6) is 0 Å². The van der Waals surface area contributed by atoms with E-state index in [2.05, 4.69) is 5.32 Å². The van der Waals surface area contributed by atoms with Crippen LogP contribution >= 0.6 is 0 Å². The second-order valence-electron chi connectivity index (χ2n) is 8.91. The van der Waals surface area contributed by atoms with Crippen LogP contribution in [0.4, 0.5) is 23.7 Å². The lowest BCUT2D eigenvalue weighted by atomic mass is 9.85. The molecule has 5 rings (SSSR count). The summed E-state index contributed by atoms with van der Waals surface area (Å²) >= 11 is 0. The molecule has 0 aromatic heterocycles. The van der Waals surface area contributed by atoms with E-state index in [-0.39, 0.29) is 18.5 Å². The average molecular weight is 458 g/mol. The zero-order valence-corrected chi connectivity index (χ0v) is 18.0. The molecule has 1 N–H and O–H groups in total. The summed E-state index contributed by atoms with van der Waals surface area (Å²) in [6.45, 7) is 2.27. The maximum atomic E-state index is 13.5. The molecule has 1 atom stereocenters. The number of hydrogen-bond donors (Lipinski definition) is 1. The van der Waals surface area contributed by atoms with E-state index in [1.807, 2.05) is 40.1 Å². The van der Waals surface area contributed by atoms with Crippen LogP contribution in [-0.4, -0.2) is 54.6 Å². The summed E-state index contributed by atoms with van der Waals surface area (Å²) in [4.78, 5) is 31.5. The minimum Gasteiger partial charge on any atom is -0.369 e. The Labute approximate surface area is 189 Å². The molecule has 174 valence electrons. The molecule has 0 spiro atoms. The molecule has 33 heavy (non-hydrogen) atoms. The number of benzene rings is 2. The number of imide groups is 1. The van der Waals surface area contributed by atoms with E-state index in [0.29, 0.717) is 31.9 Å². The number of nitrogens with zero attached hydrogens (tertiary/aromatic N) is 3. The lowest BCUT2D eigenvalue weighted by molar-refractivity contribution is -0.137. The molecule has 3 aliphatic rings. The van der Waals surface area contributed by atoms with Crippen molar-refractivity contribution in [1.82, 2.24) is 15.1 Å². The van der Waals surface area contributed by atoms with Gasteiger partial charge in [-0.1, -0.05) is 36.4 Å². The SMILES string of the molecule is O=C1NC(c2ccccc2)(C2CC2)C(=O)N1CN1CCN(c2cccc(C(F)(F)F)c2)CC1. The van der Waals surface area contributed by atoms with Gasteiger partial charge in [0.25, 0.3) is 5.91 Å². The second kappa shape index (κ2) is 8.06. The van der Waals surface area contributed by atoms with Gasteiger partial charge in [-0.2, -0.15) is 13.2 Å². The number of alkyl halides is 3. The minimum absolute atomic E-state index is 0.0964. The van der Waals surface area contributed by atoms with Gasteiger partial charge in [0.2, 0.25) is 0 Å².